The fourth-order valence-electron chi connectivity index (χ4n) is 4.67. The summed E-state index contributed by atoms with van der Waals surface area (Å²) in [4.78, 5) is 38.5. The zero-order chi connectivity index (χ0) is 25.2. The van der Waals surface area contributed by atoms with Gasteiger partial charge in [0, 0.05) is 74.7 Å². The fraction of sp³-hybridized carbons (Fsp3) is 0.429. The van der Waals surface area contributed by atoms with Crippen LogP contribution in [0.2, 0.25) is 0 Å². The highest BCUT2D eigenvalue weighted by Crippen LogP contribution is 2.26. The molecule has 3 heterocycles. The predicted molar refractivity (Wildman–Crippen MR) is 144 cm³/mol. The van der Waals surface area contributed by atoms with Crippen molar-refractivity contribution in [1.29, 1.82) is 0 Å². The number of fused-ring (bicyclic) bond motifs is 1. The molecule has 2 amide bonds. The van der Waals surface area contributed by atoms with Crippen LogP contribution in [0, 0.1) is 0 Å². The van der Waals surface area contributed by atoms with Crippen LogP contribution in [0.5, 0.6) is 0 Å². The Bertz CT molecular complexity index is 1120. The van der Waals surface area contributed by atoms with Crippen molar-refractivity contribution in [3.05, 3.63) is 76.0 Å². The van der Waals surface area contributed by atoms with Crippen molar-refractivity contribution in [1.82, 2.24) is 20.2 Å². The Labute approximate surface area is 217 Å². The van der Waals surface area contributed by atoms with E-state index in [0.717, 1.165) is 54.2 Å². The molecule has 0 saturated carbocycles. The molecule has 0 spiro atoms. The number of rotatable bonds is 6. The van der Waals surface area contributed by atoms with E-state index in [-0.39, 0.29) is 11.8 Å². The maximum absolute atomic E-state index is 13.0. The summed E-state index contributed by atoms with van der Waals surface area (Å²) < 4.78 is 0. The first-order chi connectivity index (χ1) is 17.6. The first-order valence-electron chi connectivity index (χ1n) is 12.8. The minimum atomic E-state index is -0.103. The Balaban J connectivity index is 1.58. The average molecular weight is 506 g/mol. The van der Waals surface area contributed by atoms with Crippen LogP contribution >= 0.6 is 11.3 Å². The molecule has 0 aliphatic carbocycles. The molecule has 1 N–H and O–H groups in total. The van der Waals surface area contributed by atoms with E-state index < -0.39 is 0 Å². The molecule has 4 rings (SSSR count). The summed E-state index contributed by atoms with van der Waals surface area (Å²) in [5.74, 6) is -0.0681. The molecular weight excluding hydrogens is 470 g/mol. The number of anilines is 1. The van der Waals surface area contributed by atoms with Crippen molar-refractivity contribution in [3.63, 3.8) is 0 Å². The lowest BCUT2D eigenvalue weighted by atomic mass is 10.0. The fourth-order valence-corrected chi connectivity index (χ4v) is 5.29. The van der Waals surface area contributed by atoms with Crippen LogP contribution in [0.3, 0.4) is 0 Å². The number of carbonyl (C=O) groups excluding carboxylic acids is 2. The van der Waals surface area contributed by atoms with Crippen molar-refractivity contribution >= 4 is 28.8 Å². The number of benzene rings is 1. The zero-order valence-electron chi connectivity index (χ0n) is 21.0. The Morgan fingerprint density at radius 3 is 2.64 bits per heavy atom. The van der Waals surface area contributed by atoms with Crippen molar-refractivity contribution in [3.8, 4) is 0 Å². The molecular formula is C28H35N5O2S. The van der Waals surface area contributed by atoms with Crippen molar-refractivity contribution < 1.29 is 9.59 Å². The second-order valence-corrected chi connectivity index (χ2v) is 10.3. The van der Waals surface area contributed by atoms with Gasteiger partial charge in [0.15, 0.2) is 0 Å². The largest absolute Gasteiger partial charge is 0.352 e. The summed E-state index contributed by atoms with van der Waals surface area (Å²) in [7, 11) is 0. The van der Waals surface area contributed by atoms with Crippen LogP contribution in [0.1, 0.15) is 65.5 Å². The second kappa shape index (κ2) is 13.3. The van der Waals surface area contributed by atoms with Gasteiger partial charge in [-0.05, 0) is 54.8 Å². The number of nitrogens with one attached hydrogen (secondary N) is 1. The van der Waals surface area contributed by atoms with Crippen LogP contribution in [-0.4, -0.2) is 46.3 Å². The quantitative estimate of drug-likeness (QED) is 0.519. The Morgan fingerprint density at radius 1 is 1.06 bits per heavy atom. The molecule has 0 radical (unpaired) electrons. The van der Waals surface area contributed by atoms with Gasteiger partial charge in [-0.1, -0.05) is 25.3 Å². The van der Waals surface area contributed by atoms with Crippen LogP contribution < -0.4 is 10.2 Å². The highest BCUT2D eigenvalue weighted by Gasteiger charge is 2.20. The monoisotopic (exact) mass is 505 g/mol. The van der Waals surface area contributed by atoms with Gasteiger partial charge in [-0.25, -0.2) is 4.98 Å². The Morgan fingerprint density at radius 2 is 1.89 bits per heavy atom. The smallest absolute Gasteiger partial charge is 0.251 e. The lowest BCUT2D eigenvalue weighted by Crippen LogP contribution is -2.33. The molecule has 1 aromatic carbocycles. The van der Waals surface area contributed by atoms with E-state index in [1.54, 1.807) is 30.7 Å². The molecule has 8 heteroatoms. The highest BCUT2D eigenvalue weighted by atomic mass is 32.1. The molecule has 36 heavy (non-hydrogen) atoms. The number of carbonyl (C=O) groups is 2. The van der Waals surface area contributed by atoms with E-state index in [4.69, 9.17) is 0 Å². The third-order valence-electron chi connectivity index (χ3n) is 6.50. The first-order valence-corrected chi connectivity index (χ1v) is 13.7. The second-order valence-electron chi connectivity index (χ2n) is 9.29. The first kappa shape index (κ1) is 26.0. The van der Waals surface area contributed by atoms with Gasteiger partial charge in [-0.15, -0.1) is 11.3 Å². The lowest BCUT2D eigenvalue weighted by molar-refractivity contribution is -0.116. The van der Waals surface area contributed by atoms with Crippen LogP contribution in [0.25, 0.3) is 0 Å². The van der Waals surface area contributed by atoms with E-state index >= 15 is 0 Å². The van der Waals surface area contributed by atoms with E-state index in [2.05, 4.69) is 26.3 Å². The Hall–Kier alpha value is -3.10. The SMILES string of the molecule is CC(=O)N1CCCCCCCN(Cc2cccnc2)Cc2cc(C(=O)NCCc3nccs3)ccc21. The van der Waals surface area contributed by atoms with Crippen LogP contribution in [0.4, 0.5) is 5.69 Å². The molecule has 190 valence electrons. The Kier molecular flexibility index (Phi) is 9.58. The van der Waals surface area contributed by atoms with Crippen LogP contribution in [-0.2, 0) is 24.3 Å². The molecule has 0 saturated heterocycles. The minimum Gasteiger partial charge on any atom is -0.352 e. The molecule has 3 aromatic rings. The van der Waals surface area contributed by atoms with Gasteiger partial charge in [-0.2, -0.15) is 0 Å². The molecule has 7 nitrogen and oxygen atoms in total. The molecule has 0 bridgehead atoms. The van der Waals surface area contributed by atoms with Crippen molar-refractivity contribution in [2.75, 3.05) is 24.5 Å². The van der Waals surface area contributed by atoms with Gasteiger partial charge < -0.3 is 10.2 Å². The third-order valence-corrected chi connectivity index (χ3v) is 7.34. The zero-order valence-corrected chi connectivity index (χ0v) is 21.8. The average Bonchev–Trinajstić information content (AvgIpc) is 3.39. The maximum atomic E-state index is 13.0. The molecule has 0 atom stereocenters. The molecule has 0 unspecified atom stereocenters. The van der Waals surface area contributed by atoms with E-state index in [0.29, 0.717) is 31.6 Å². The molecule has 1 aliphatic heterocycles. The lowest BCUT2D eigenvalue weighted by Gasteiger charge is -2.29. The van der Waals surface area contributed by atoms with Crippen molar-refractivity contribution in [2.45, 2.75) is 58.5 Å². The van der Waals surface area contributed by atoms with Gasteiger partial charge in [0.25, 0.3) is 5.91 Å². The van der Waals surface area contributed by atoms with Gasteiger partial charge in [0.1, 0.15) is 0 Å². The number of aromatic nitrogens is 2. The summed E-state index contributed by atoms with van der Waals surface area (Å²) in [6.45, 7) is 5.26. The normalized spacial score (nSPS) is 15.4. The number of hydrogen-bond donors (Lipinski definition) is 1. The number of amides is 2. The summed E-state index contributed by atoms with van der Waals surface area (Å²) in [5, 5.41) is 5.98. The topological polar surface area (TPSA) is 78.4 Å². The summed E-state index contributed by atoms with van der Waals surface area (Å²) >= 11 is 1.59. The highest BCUT2D eigenvalue weighted by molar-refractivity contribution is 7.09. The molecule has 0 fully saturated rings. The predicted octanol–water partition coefficient (Wildman–Crippen LogP) is 4.83. The van der Waals surface area contributed by atoms with E-state index in [1.165, 1.54) is 12.8 Å². The number of pyridine rings is 1. The summed E-state index contributed by atoms with van der Waals surface area (Å²) in [5.41, 5.74) is 3.68. The van der Waals surface area contributed by atoms with Crippen molar-refractivity contribution in [2.24, 2.45) is 0 Å². The molecule has 2 aromatic heterocycles. The van der Waals surface area contributed by atoms with E-state index in [1.807, 2.05) is 40.7 Å². The van der Waals surface area contributed by atoms with Gasteiger partial charge >= 0.3 is 0 Å². The number of hydrogen-bond acceptors (Lipinski definition) is 6. The van der Waals surface area contributed by atoms with Gasteiger partial charge in [-0.3, -0.25) is 19.5 Å². The van der Waals surface area contributed by atoms with E-state index in [9.17, 15) is 9.59 Å². The minimum absolute atomic E-state index is 0.0350. The number of nitrogens with zero attached hydrogens (tertiary/aromatic N) is 4. The summed E-state index contributed by atoms with van der Waals surface area (Å²) in [6.07, 6.45) is 11.8. The van der Waals surface area contributed by atoms with Gasteiger partial charge in [0.2, 0.25) is 5.91 Å². The standard InChI is InChI=1S/C28H35N5O2S/c1-22(34)33-16-6-4-2-3-5-15-32(20-23-8-7-12-29-19-23)21-25-18-24(9-10-26(25)33)28(35)31-13-11-27-30-14-17-36-27/h7-10,12,14,17-19H,2-6,11,13,15-16,20-21H2,1H3,(H,31,35). The molecule has 1 aliphatic rings. The number of thiazole rings is 1. The summed E-state index contributed by atoms with van der Waals surface area (Å²) in [6, 6.07) is 9.81. The third kappa shape index (κ3) is 7.45. The van der Waals surface area contributed by atoms with Crippen LogP contribution in [0.15, 0.2) is 54.3 Å². The van der Waals surface area contributed by atoms with Gasteiger partial charge in [0.05, 0.1) is 5.01 Å². The maximum Gasteiger partial charge on any atom is 0.251 e.